The van der Waals surface area contributed by atoms with E-state index in [1.54, 1.807) is 38.2 Å². The van der Waals surface area contributed by atoms with Crippen molar-refractivity contribution in [2.24, 2.45) is 7.05 Å². The molecule has 0 aliphatic heterocycles. The van der Waals surface area contributed by atoms with Crippen molar-refractivity contribution in [3.63, 3.8) is 0 Å². The van der Waals surface area contributed by atoms with Crippen LogP contribution in [0.5, 0.6) is 5.75 Å². The summed E-state index contributed by atoms with van der Waals surface area (Å²) in [6, 6.07) is 9.91. The van der Waals surface area contributed by atoms with Crippen LogP contribution in [0.3, 0.4) is 0 Å². The Hall–Kier alpha value is -2.84. The Labute approximate surface area is 192 Å². The molecule has 0 saturated carbocycles. The molecule has 2 aromatic carbocycles. The number of hydrogen-bond donors (Lipinski definition) is 1. The first-order valence-electron chi connectivity index (χ1n) is 10.3. The lowest BCUT2D eigenvalue weighted by Crippen LogP contribution is -2.28. The maximum absolute atomic E-state index is 13.2. The van der Waals surface area contributed by atoms with Gasteiger partial charge in [0.25, 0.3) is 15.6 Å². The van der Waals surface area contributed by atoms with Crippen LogP contribution in [0.25, 0.3) is 11.3 Å². The zero-order valence-electron chi connectivity index (χ0n) is 18.1. The molecular formula is C23H24ClN3O4S. The molecule has 1 aromatic heterocycles. The van der Waals surface area contributed by atoms with Gasteiger partial charge in [-0.2, -0.15) is 5.10 Å². The smallest absolute Gasteiger partial charge is 0.269 e. The Morgan fingerprint density at radius 1 is 1.09 bits per heavy atom. The summed E-state index contributed by atoms with van der Waals surface area (Å²) in [6.07, 6.45) is 3.42. The minimum Gasteiger partial charge on any atom is -0.495 e. The second-order valence-electron chi connectivity index (χ2n) is 7.88. The molecular weight excluding hydrogens is 450 g/mol. The van der Waals surface area contributed by atoms with Gasteiger partial charge in [0, 0.05) is 18.2 Å². The number of aromatic nitrogens is 2. The monoisotopic (exact) mass is 473 g/mol. The molecule has 9 heteroatoms. The van der Waals surface area contributed by atoms with Gasteiger partial charge < -0.3 is 4.74 Å². The fourth-order valence-electron chi connectivity index (χ4n) is 4.06. The van der Waals surface area contributed by atoms with Crippen molar-refractivity contribution in [1.82, 2.24) is 9.78 Å². The van der Waals surface area contributed by atoms with Gasteiger partial charge in [-0.25, -0.2) is 13.1 Å². The molecule has 1 aliphatic carbocycles. The van der Waals surface area contributed by atoms with Crippen molar-refractivity contribution < 1.29 is 13.2 Å². The number of halogens is 1. The Kier molecular flexibility index (Phi) is 6.01. The summed E-state index contributed by atoms with van der Waals surface area (Å²) in [7, 11) is -0.778. The minimum absolute atomic E-state index is 0.0820. The van der Waals surface area contributed by atoms with Crippen LogP contribution in [0.2, 0.25) is 5.02 Å². The standard InChI is InChI=1S/C23H24ClN3O4S/c1-14-8-9-15(22-17-6-4-5-7-18(17)23(28)27(2)25-22)12-21(14)32(29,30)26-16-10-11-20(31-3)19(24)13-16/h8-13,26H,4-7H2,1-3H3. The van der Waals surface area contributed by atoms with E-state index >= 15 is 0 Å². The summed E-state index contributed by atoms with van der Waals surface area (Å²) in [4.78, 5) is 12.7. The Morgan fingerprint density at radius 3 is 2.50 bits per heavy atom. The fourth-order valence-corrected chi connectivity index (χ4v) is 5.64. The Bertz CT molecular complexity index is 1370. The third-order valence-corrected chi connectivity index (χ3v) is 7.53. The van der Waals surface area contributed by atoms with Gasteiger partial charge in [0.1, 0.15) is 5.75 Å². The first kappa shape index (κ1) is 22.4. The van der Waals surface area contributed by atoms with Gasteiger partial charge in [-0.3, -0.25) is 9.52 Å². The van der Waals surface area contributed by atoms with Crippen molar-refractivity contribution in [3.05, 3.63) is 68.5 Å². The highest BCUT2D eigenvalue weighted by molar-refractivity contribution is 7.92. The van der Waals surface area contributed by atoms with Crippen molar-refractivity contribution in [3.8, 4) is 17.0 Å². The number of benzene rings is 2. The molecule has 4 rings (SSSR count). The van der Waals surface area contributed by atoms with Crippen LogP contribution < -0.4 is 15.0 Å². The average Bonchev–Trinajstić information content (AvgIpc) is 2.76. The molecule has 0 bridgehead atoms. The second-order valence-corrected chi connectivity index (χ2v) is 9.93. The van der Waals surface area contributed by atoms with Crippen molar-refractivity contribution in [2.45, 2.75) is 37.5 Å². The number of rotatable bonds is 5. The SMILES string of the molecule is COc1ccc(NS(=O)(=O)c2cc(-c3nn(C)c(=O)c4c3CCCC4)ccc2C)cc1Cl. The lowest BCUT2D eigenvalue weighted by atomic mass is 9.89. The molecule has 0 unspecified atom stereocenters. The van der Waals surface area contributed by atoms with Crippen LogP contribution in [-0.2, 0) is 29.9 Å². The molecule has 0 radical (unpaired) electrons. The predicted molar refractivity (Wildman–Crippen MR) is 125 cm³/mol. The molecule has 32 heavy (non-hydrogen) atoms. The third-order valence-electron chi connectivity index (χ3n) is 5.71. The van der Waals surface area contributed by atoms with E-state index in [-0.39, 0.29) is 10.5 Å². The number of hydrogen-bond acceptors (Lipinski definition) is 5. The van der Waals surface area contributed by atoms with E-state index < -0.39 is 10.0 Å². The van der Waals surface area contributed by atoms with E-state index in [0.29, 0.717) is 39.7 Å². The summed E-state index contributed by atoms with van der Waals surface area (Å²) in [5.74, 6) is 0.457. The number of methoxy groups -OCH3 is 1. The molecule has 1 aliphatic rings. The maximum Gasteiger partial charge on any atom is 0.269 e. The fraction of sp³-hybridized carbons (Fsp3) is 0.304. The first-order valence-corrected chi connectivity index (χ1v) is 12.1. The highest BCUT2D eigenvalue weighted by Gasteiger charge is 2.23. The number of anilines is 1. The molecule has 0 atom stereocenters. The summed E-state index contributed by atoms with van der Waals surface area (Å²) in [6.45, 7) is 1.74. The lowest BCUT2D eigenvalue weighted by molar-refractivity contribution is 0.415. The summed E-state index contributed by atoms with van der Waals surface area (Å²) in [5, 5.41) is 4.79. The number of nitrogens with zero attached hydrogens (tertiary/aromatic N) is 2. The largest absolute Gasteiger partial charge is 0.495 e. The van der Waals surface area contributed by atoms with E-state index in [4.69, 9.17) is 16.3 Å². The first-order chi connectivity index (χ1) is 15.2. The number of ether oxygens (including phenoxy) is 1. The van der Waals surface area contributed by atoms with Crippen molar-refractivity contribution >= 4 is 27.3 Å². The van der Waals surface area contributed by atoms with Crippen LogP contribution in [0.1, 0.15) is 29.5 Å². The molecule has 1 heterocycles. The van der Waals surface area contributed by atoms with Gasteiger partial charge in [0.15, 0.2) is 0 Å². The summed E-state index contributed by atoms with van der Waals surface area (Å²) < 4.78 is 35.5. The van der Waals surface area contributed by atoms with Crippen LogP contribution >= 0.6 is 11.6 Å². The van der Waals surface area contributed by atoms with Gasteiger partial charge in [0.05, 0.1) is 28.4 Å². The number of sulfonamides is 1. The molecule has 0 amide bonds. The minimum atomic E-state index is -3.90. The van der Waals surface area contributed by atoms with Gasteiger partial charge >= 0.3 is 0 Å². The molecule has 0 spiro atoms. The molecule has 0 fully saturated rings. The van der Waals surface area contributed by atoms with Crippen molar-refractivity contribution in [2.75, 3.05) is 11.8 Å². The second kappa shape index (κ2) is 8.60. The van der Waals surface area contributed by atoms with Gasteiger partial charge in [-0.05, 0) is 68.0 Å². The van der Waals surface area contributed by atoms with Gasteiger partial charge in [-0.1, -0.05) is 23.7 Å². The van der Waals surface area contributed by atoms with E-state index in [1.165, 1.54) is 17.9 Å². The van der Waals surface area contributed by atoms with E-state index in [2.05, 4.69) is 9.82 Å². The number of nitrogens with one attached hydrogen (secondary N) is 1. The van der Waals surface area contributed by atoms with Crippen LogP contribution in [0.4, 0.5) is 5.69 Å². The van der Waals surface area contributed by atoms with Crippen LogP contribution in [-0.4, -0.2) is 25.3 Å². The zero-order valence-corrected chi connectivity index (χ0v) is 19.7. The van der Waals surface area contributed by atoms with E-state index in [9.17, 15) is 13.2 Å². The Morgan fingerprint density at radius 2 is 1.81 bits per heavy atom. The normalized spacial score (nSPS) is 13.5. The third kappa shape index (κ3) is 4.12. The highest BCUT2D eigenvalue weighted by atomic mass is 35.5. The number of fused-ring (bicyclic) bond motifs is 1. The molecule has 3 aromatic rings. The van der Waals surface area contributed by atoms with E-state index in [1.807, 2.05) is 6.07 Å². The maximum atomic E-state index is 13.2. The zero-order chi connectivity index (χ0) is 23.0. The topological polar surface area (TPSA) is 90.3 Å². The molecule has 0 saturated heterocycles. The Balaban J connectivity index is 1.78. The van der Waals surface area contributed by atoms with Crippen LogP contribution in [0, 0.1) is 6.92 Å². The summed E-state index contributed by atoms with van der Waals surface area (Å²) in [5.41, 5.74) is 3.86. The van der Waals surface area contributed by atoms with Gasteiger partial charge in [0.2, 0.25) is 0 Å². The lowest BCUT2D eigenvalue weighted by Gasteiger charge is -2.20. The summed E-state index contributed by atoms with van der Waals surface area (Å²) >= 11 is 6.14. The highest BCUT2D eigenvalue weighted by Crippen LogP contribution is 2.32. The van der Waals surface area contributed by atoms with Gasteiger partial charge in [-0.15, -0.1) is 0 Å². The molecule has 7 nitrogen and oxygen atoms in total. The van der Waals surface area contributed by atoms with Crippen molar-refractivity contribution in [1.29, 1.82) is 0 Å². The quantitative estimate of drug-likeness (QED) is 0.602. The predicted octanol–water partition coefficient (Wildman–Crippen LogP) is 4.10. The number of aryl methyl sites for hydroxylation is 2. The average molecular weight is 474 g/mol. The van der Waals surface area contributed by atoms with E-state index in [0.717, 1.165) is 30.4 Å². The molecule has 168 valence electrons. The molecule has 1 N–H and O–H groups in total. The van der Waals surface area contributed by atoms with Crippen LogP contribution in [0.15, 0.2) is 46.1 Å².